The first-order valence-corrected chi connectivity index (χ1v) is 29.7. The van der Waals surface area contributed by atoms with Crippen LogP contribution in [-0.4, -0.2) is 14.1 Å². The molecule has 85 heavy (non-hydrogen) atoms. The zero-order valence-corrected chi connectivity index (χ0v) is 51.0. The minimum Gasteiger partial charge on any atom is -0.457 e. The van der Waals surface area contributed by atoms with Crippen molar-refractivity contribution in [2.45, 2.75) is 137 Å². The number of anilines is 2. The molecule has 13 rings (SSSR count). The van der Waals surface area contributed by atoms with Gasteiger partial charge in [0.1, 0.15) is 24.0 Å². The molecule has 0 saturated carbocycles. The Kier molecular flexibility index (Phi) is 10.7. The van der Waals surface area contributed by atoms with Crippen molar-refractivity contribution in [1.82, 2.24) is 14.1 Å². The lowest BCUT2D eigenvalue weighted by molar-refractivity contribution is 0.483. The van der Waals surface area contributed by atoms with Gasteiger partial charge >= 0.3 is 0 Å². The number of para-hydroxylation sites is 2. The summed E-state index contributed by atoms with van der Waals surface area (Å²) < 4.78 is 93.0. The molecule has 0 atom stereocenters. The SMILES string of the molecule is [2H]C([2H])([2H])C(c1cc(-c2ccc(-c3cc(C(C)(C)C)cc(C(C)(C)C)c3)c3c4ccccc4c4ccccc4c4cccc5c4n(c23)CN5c2cccc(Oc3ccc4c5ccccc5n(-c5cc(C(C)(C)C)ccn5)c4c3)c2)cc(C(C)(C)C)c1)(C([2H])([2H])[2H])C([2H])([2H])[2H]. The summed E-state index contributed by atoms with van der Waals surface area (Å²) in [7, 11) is 0. The van der Waals surface area contributed by atoms with Crippen molar-refractivity contribution >= 4 is 76.5 Å². The lowest BCUT2D eigenvalue weighted by Gasteiger charge is -2.28. The Labute approximate surface area is 515 Å². The number of fused-ring (bicyclic) bond motifs is 10. The van der Waals surface area contributed by atoms with Gasteiger partial charge in [0.25, 0.3) is 0 Å². The molecule has 0 spiro atoms. The molecule has 1 aliphatic heterocycles. The largest absolute Gasteiger partial charge is 0.457 e. The normalized spacial score (nSPS) is 15.3. The van der Waals surface area contributed by atoms with E-state index >= 15 is 0 Å². The highest BCUT2D eigenvalue weighted by atomic mass is 16.5. The summed E-state index contributed by atoms with van der Waals surface area (Å²) >= 11 is 0. The number of hydrogen-bond donors (Lipinski definition) is 0. The van der Waals surface area contributed by atoms with Gasteiger partial charge in [-0.25, -0.2) is 4.98 Å². The number of aromatic nitrogens is 3. The van der Waals surface area contributed by atoms with Gasteiger partial charge in [0, 0.05) is 63.5 Å². The fourth-order valence-corrected chi connectivity index (χ4v) is 12.6. The Hall–Kier alpha value is -8.67. The minimum absolute atomic E-state index is 0.0933. The van der Waals surface area contributed by atoms with E-state index in [1.54, 1.807) is 6.07 Å². The molecular formula is C80H80N4O. The first-order chi connectivity index (χ1) is 44.0. The third-order valence-corrected chi connectivity index (χ3v) is 17.4. The van der Waals surface area contributed by atoms with Crippen LogP contribution in [0.15, 0.2) is 200 Å². The van der Waals surface area contributed by atoms with Gasteiger partial charge in [0.15, 0.2) is 0 Å². The Morgan fingerprint density at radius 1 is 0.400 bits per heavy atom. The summed E-state index contributed by atoms with van der Waals surface area (Å²) in [4.78, 5) is 7.23. The predicted molar refractivity (Wildman–Crippen MR) is 364 cm³/mol. The van der Waals surface area contributed by atoms with Gasteiger partial charge in [-0.3, -0.25) is 4.57 Å². The maximum Gasteiger partial charge on any atom is 0.137 e. The monoisotopic (exact) mass is 1120 g/mol. The molecule has 12 aromatic rings. The molecule has 9 aromatic carbocycles. The maximum absolute atomic E-state index is 9.04. The summed E-state index contributed by atoms with van der Waals surface area (Å²) in [5.41, 5.74) is 7.72. The molecule has 0 radical (unpaired) electrons. The Morgan fingerprint density at radius 2 is 0.918 bits per heavy atom. The molecule has 5 nitrogen and oxygen atoms in total. The third-order valence-electron chi connectivity index (χ3n) is 17.4. The number of nitrogens with zero attached hydrogens (tertiary/aromatic N) is 4. The van der Waals surface area contributed by atoms with Crippen molar-refractivity contribution < 1.29 is 17.1 Å². The van der Waals surface area contributed by atoms with Crippen LogP contribution < -0.4 is 9.64 Å². The van der Waals surface area contributed by atoms with E-state index in [0.717, 1.165) is 93.5 Å². The molecule has 426 valence electrons. The molecule has 3 aromatic heterocycles. The summed E-state index contributed by atoms with van der Waals surface area (Å²) in [6.07, 6.45) is 1.89. The molecule has 0 N–H and O–H groups in total. The molecule has 1 aliphatic rings. The highest BCUT2D eigenvalue weighted by molar-refractivity contribution is 6.24. The van der Waals surface area contributed by atoms with E-state index < -0.39 is 31.4 Å². The van der Waals surface area contributed by atoms with Crippen LogP contribution in [0.2, 0.25) is 0 Å². The number of rotatable bonds is 6. The average Bonchev–Trinajstić information content (AvgIpc) is 1.28. The molecular weight excluding hydrogens is 1030 g/mol. The Morgan fingerprint density at radius 3 is 1.55 bits per heavy atom. The maximum atomic E-state index is 9.04. The van der Waals surface area contributed by atoms with Crippen molar-refractivity contribution in [1.29, 1.82) is 0 Å². The zero-order valence-electron chi connectivity index (χ0n) is 60.0. The summed E-state index contributed by atoms with van der Waals surface area (Å²) in [6.45, 7) is 15.7. The van der Waals surface area contributed by atoms with Crippen LogP contribution in [0.4, 0.5) is 11.4 Å². The second-order valence-corrected chi connectivity index (χ2v) is 27.5. The van der Waals surface area contributed by atoms with E-state index in [9.17, 15) is 0 Å². The van der Waals surface area contributed by atoms with Crippen molar-refractivity contribution in [2.24, 2.45) is 0 Å². The van der Waals surface area contributed by atoms with Gasteiger partial charge < -0.3 is 14.2 Å². The Bertz CT molecular complexity index is 5040. The van der Waals surface area contributed by atoms with Gasteiger partial charge in [-0.2, -0.15) is 0 Å². The van der Waals surface area contributed by atoms with E-state index in [1.165, 1.54) is 22.8 Å². The highest BCUT2D eigenvalue weighted by Crippen LogP contribution is 2.49. The van der Waals surface area contributed by atoms with Crippen LogP contribution >= 0.6 is 0 Å². The topological polar surface area (TPSA) is 35.2 Å². The van der Waals surface area contributed by atoms with Crippen LogP contribution in [0.5, 0.6) is 11.5 Å². The van der Waals surface area contributed by atoms with E-state index in [-0.39, 0.29) is 28.5 Å². The first kappa shape index (κ1) is 45.7. The number of hydrogen-bond acceptors (Lipinski definition) is 3. The second-order valence-electron chi connectivity index (χ2n) is 27.5. The van der Waals surface area contributed by atoms with E-state index in [0.29, 0.717) is 28.2 Å². The molecule has 5 heteroatoms. The molecule has 4 heterocycles. The summed E-state index contributed by atoms with van der Waals surface area (Å²) in [5.74, 6) is 2.09. The summed E-state index contributed by atoms with van der Waals surface area (Å²) in [5, 5.41) is 8.00. The van der Waals surface area contributed by atoms with Crippen molar-refractivity contribution in [3.63, 3.8) is 0 Å². The standard InChI is InChI=1S/C80H80N4O/c1-76(2,3)52-38-39-81-72(46-52)84-69-32-21-20-29-65(69)66-35-34-59(48-71(66)84)85-58-25-22-24-57(47-58)82-49-83-74-68(31-23-33-70(74)82)64-28-17-16-26-62(64)63-27-18-19-30-67(63)73-60(50-40-53(77(4,5)6)44-54(41-50)78(7,8)9)36-37-61(75(73)83)51-42-55(79(10,11)12)45-56(43-51)80(13,14)15/h16-48H,49H2,1-15H3/i10D3,11D3,12D3. The Balaban J connectivity index is 1.12. The average molecular weight is 1120 g/mol. The molecule has 0 bridgehead atoms. The second kappa shape index (κ2) is 20.0. The first-order valence-electron chi connectivity index (χ1n) is 34.2. The number of benzene rings is 9. The van der Waals surface area contributed by atoms with Crippen LogP contribution in [-0.2, 0) is 33.7 Å². The smallest absolute Gasteiger partial charge is 0.137 e. The van der Waals surface area contributed by atoms with Crippen molar-refractivity contribution in [2.75, 3.05) is 4.90 Å². The highest BCUT2D eigenvalue weighted by Gasteiger charge is 2.30. The van der Waals surface area contributed by atoms with Crippen LogP contribution in [0.3, 0.4) is 0 Å². The number of ether oxygens (including phenoxy) is 1. The fraction of sp³-hybridized carbons (Fsp3) is 0.263. The van der Waals surface area contributed by atoms with Gasteiger partial charge in [0.2, 0.25) is 0 Å². The van der Waals surface area contributed by atoms with Gasteiger partial charge in [-0.05, 0) is 142 Å². The van der Waals surface area contributed by atoms with Crippen LogP contribution in [0.1, 0.15) is 144 Å². The molecule has 0 saturated heterocycles. The van der Waals surface area contributed by atoms with Crippen LogP contribution in [0, 0.1) is 0 Å². The fourth-order valence-electron chi connectivity index (χ4n) is 12.6. The molecule has 0 aliphatic carbocycles. The zero-order chi connectivity index (χ0) is 67.2. The van der Waals surface area contributed by atoms with Crippen molar-refractivity contribution in [3.8, 4) is 39.6 Å². The van der Waals surface area contributed by atoms with E-state index in [4.69, 9.17) is 22.1 Å². The lowest BCUT2D eigenvalue weighted by atomic mass is 9.77. The number of pyridine rings is 1. The van der Waals surface area contributed by atoms with Crippen molar-refractivity contribution in [3.05, 3.63) is 228 Å². The van der Waals surface area contributed by atoms with Gasteiger partial charge in [-0.1, -0.05) is 237 Å². The lowest BCUT2D eigenvalue weighted by Crippen LogP contribution is -2.17. The third kappa shape index (κ3) is 9.89. The van der Waals surface area contributed by atoms with Crippen LogP contribution in [0.25, 0.3) is 93.2 Å². The van der Waals surface area contributed by atoms with Gasteiger partial charge in [-0.15, -0.1) is 0 Å². The van der Waals surface area contributed by atoms with Gasteiger partial charge in [0.05, 0.1) is 27.8 Å². The predicted octanol–water partition coefficient (Wildman–Crippen LogP) is 22.4. The quantitative estimate of drug-likeness (QED) is 0.166. The summed E-state index contributed by atoms with van der Waals surface area (Å²) in [6, 6.07) is 66.7. The molecule has 0 unspecified atom stereocenters. The molecule has 0 amide bonds. The molecule has 0 fully saturated rings. The van der Waals surface area contributed by atoms with E-state index in [2.05, 4.69) is 234 Å². The minimum atomic E-state index is -3.51. The van der Waals surface area contributed by atoms with E-state index in [1.807, 2.05) is 51.2 Å².